The summed E-state index contributed by atoms with van der Waals surface area (Å²) in [5.41, 5.74) is 0.0790. The van der Waals surface area contributed by atoms with Crippen LogP contribution in [0.2, 0.25) is 10.0 Å². The number of hydrogen-bond acceptors (Lipinski definition) is 5. The number of thiophene rings is 1. The van der Waals surface area contributed by atoms with Gasteiger partial charge in [0.2, 0.25) is 10.0 Å². The van der Waals surface area contributed by atoms with Gasteiger partial charge in [0.1, 0.15) is 4.90 Å². The average Bonchev–Trinajstić information content (AvgIpc) is 3.34. The smallest absolute Gasteiger partial charge is 0.264 e. The van der Waals surface area contributed by atoms with E-state index in [0.29, 0.717) is 31.1 Å². The summed E-state index contributed by atoms with van der Waals surface area (Å²) in [6.07, 6.45) is 1.56. The Balaban J connectivity index is 1.49. The molecule has 1 aromatic heterocycles. The predicted molar refractivity (Wildman–Crippen MR) is 116 cm³/mol. The molecule has 160 valence electrons. The zero-order valence-corrected chi connectivity index (χ0v) is 19.0. The molecule has 1 N–H and O–H groups in total. The van der Waals surface area contributed by atoms with Crippen LogP contribution in [0.15, 0.2) is 34.5 Å². The Labute approximate surface area is 188 Å². The fourth-order valence-electron chi connectivity index (χ4n) is 3.22. The van der Waals surface area contributed by atoms with Crippen LogP contribution in [-0.2, 0) is 10.0 Å². The zero-order valence-electron chi connectivity index (χ0n) is 15.8. The highest BCUT2D eigenvalue weighted by atomic mass is 35.5. The minimum Gasteiger partial charge on any atom is -0.335 e. The SMILES string of the molecule is O=C(c1cccs1)N1CCN(C(=O)c2cc(S(=O)(=O)NC3CC3)c(Cl)cc2Cl)CC1. The molecule has 2 heterocycles. The van der Waals surface area contributed by atoms with Gasteiger partial charge in [-0.1, -0.05) is 29.3 Å². The van der Waals surface area contributed by atoms with E-state index in [4.69, 9.17) is 23.2 Å². The lowest BCUT2D eigenvalue weighted by molar-refractivity contribution is 0.0538. The number of rotatable bonds is 5. The molecule has 1 saturated heterocycles. The van der Waals surface area contributed by atoms with Gasteiger partial charge in [-0.05, 0) is 36.4 Å². The minimum atomic E-state index is -3.84. The molecule has 2 amide bonds. The zero-order chi connectivity index (χ0) is 21.5. The number of hydrogen-bond donors (Lipinski definition) is 1. The molecule has 2 aliphatic rings. The number of sulfonamides is 1. The highest BCUT2D eigenvalue weighted by Crippen LogP contribution is 2.31. The maximum Gasteiger partial charge on any atom is 0.264 e. The Hall–Kier alpha value is -1.65. The number of nitrogens with one attached hydrogen (secondary N) is 1. The van der Waals surface area contributed by atoms with Crippen LogP contribution in [-0.4, -0.2) is 62.3 Å². The van der Waals surface area contributed by atoms with Gasteiger partial charge in [-0.25, -0.2) is 13.1 Å². The van der Waals surface area contributed by atoms with E-state index >= 15 is 0 Å². The third-order valence-electron chi connectivity index (χ3n) is 5.03. The highest BCUT2D eigenvalue weighted by molar-refractivity contribution is 7.89. The molecule has 4 rings (SSSR count). The Morgan fingerprint density at radius 1 is 1.00 bits per heavy atom. The lowest BCUT2D eigenvalue weighted by Gasteiger charge is -2.34. The lowest BCUT2D eigenvalue weighted by atomic mass is 10.1. The van der Waals surface area contributed by atoms with Gasteiger partial charge in [-0.15, -0.1) is 11.3 Å². The van der Waals surface area contributed by atoms with E-state index in [2.05, 4.69) is 4.72 Å². The number of piperazine rings is 1. The first-order chi connectivity index (χ1) is 14.3. The fraction of sp³-hybridized carbons (Fsp3) is 0.368. The number of amides is 2. The van der Waals surface area contributed by atoms with Gasteiger partial charge in [0.25, 0.3) is 11.8 Å². The summed E-state index contributed by atoms with van der Waals surface area (Å²) in [6, 6.07) is 6.03. The first-order valence-corrected chi connectivity index (χ1v) is 12.5. The number of carbonyl (C=O) groups is 2. The molecule has 1 aliphatic carbocycles. The van der Waals surface area contributed by atoms with Crippen LogP contribution in [0.1, 0.15) is 32.9 Å². The van der Waals surface area contributed by atoms with Gasteiger partial charge in [-0.2, -0.15) is 0 Å². The molecule has 0 radical (unpaired) electrons. The third-order valence-corrected chi connectivity index (χ3v) is 8.18. The van der Waals surface area contributed by atoms with Crippen LogP contribution in [0.5, 0.6) is 0 Å². The Morgan fingerprint density at radius 2 is 1.63 bits per heavy atom. The molecule has 0 unspecified atom stereocenters. The van der Waals surface area contributed by atoms with E-state index in [0.717, 1.165) is 12.8 Å². The minimum absolute atomic E-state index is 0.0314. The van der Waals surface area contributed by atoms with Crippen molar-refractivity contribution in [1.29, 1.82) is 0 Å². The van der Waals surface area contributed by atoms with Crippen LogP contribution in [0.25, 0.3) is 0 Å². The molecule has 0 bridgehead atoms. The molecule has 11 heteroatoms. The Kier molecular flexibility index (Phi) is 6.09. The second-order valence-electron chi connectivity index (χ2n) is 7.22. The standard InChI is InChI=1S/C19H19Cl2N3O4S2/c20-14-11-15(21)17(30(27,28)22-12-3-4-12)10-13(14)18(25)23-5-7-24(8-6-23)19(26)16-2-1-9-29-16/h1-2,9-12,22H,3-8H2. The highest BCUT2D eigenvalue weighted by Gasteiger charge is 2.32. The Morgan fingerprint density at radius 3 is 2.20 bits per heavy atom. The third kappa shape index (κ3) is 4.50. The fourth-order valence-corrected chi connectivity index (χ4v) is 6.07. The quantitative estimate of drug-likeness (QED) is 0.701. The van der Waals surface area contributed by atoms with Crippen molar-refractivity contribution in [2.45, 2.75) is 23.8 Å². The second-order valence-corrected chi connectivity index (χ2v) is 10.7. The molecule has 1 aromatic carbocycles. The molecular formula is C19H19Cl2N3O4S2. The van der Waals surface area contributed by atoms with Crippen LogP contribution >= 0.6 is 34.5 Å². The summed E-state index contributed by atoms with van der Waals surface area (Å²) in [4.78, 5) is 29.3. The lowest BCUT2D eigenvalue weighted by Crippen LogP contribution is -2.50. The van der Waals surface area contributed by atoms with Crippen molar-refractivity contribution in [3.8, 4) is 0 Å². The van der Waals surface area contributed by atoms with Crippen molar-refractivity contribution < 1.29 is 18.0 Å². The van der Waals surface area contributed by atoms with Crippen molar-refractivity contribution in [3.63, 3.8) is 0 Å². The number of nitrogens with zero attached hydrogens (tertiary/aromatic N) is 2. The van der Waals surface area contributed by atoms with Gasteiger partial charge >= 0.3 is 0 Å². The summed E-state index contributed by atoms with van der Waals surface area (Å²) < 4.78 is 27.7. The summed E-state index contributed by atoms with van der Waals surface area (Å²) in [7, 11) is -3.84. The van der Waals surface area contributed by atoms with Crippen LogP contribution in [0, 0.1) is 0 Å². The predicted octanol–water partition coefficient (Wildman–Crippen LogP) is 3.09. The molecule has 7 nitrogen and oxygen atoms in total. The maximum absolute atomic E-state index is 13.0. The topological polar surface area (TPSA) is 86.8 Å². The van der Waals surface area contributed by atoms with Crippen LogP contribution in [0.4, 0.5) is 0 Å². The average molecular weight is 488 g/mol. The second kappa shape index (κ2) is 8.47. The van der Waals surface area contributed by atoms with Gasteiger partial charge in [0.05, 0.1) is 20.5 Å². The van der Waals surface area contributed by atoms with E-state index in [-0.39, 0.29) is 38.4 Å². The normalized spacial score (nSPS) is 17.3. The number of carbonyl (C=O) groups excluding carboxylic acids is 2. The summed E-state index contributed by atoms with van der Waals surface area (Å²) >= 11 is 13.7. The molecule has 0 spiro atoms. The maximum atomic E-state index is 13.0. The van der Waals surface area contributed by atoms with Crippen LogP contribution < -0.4 is 4.72 Å². The molecule has 1 aliphatic heterocycles. The summed E-state index contributed by atoms with van der Waals surface area (Å²) in [5.74, 6) is -0.441. The Bertz CT molecular complexity index is 1080. The van der Waals surface area contributed by atoms with E-state index in [1.165, 1.54) is 23.5 Å². The summed E-state index contributed by atoms with van der Waals surface area (Å²) in [6.45, 7) is 1.44. The van der Waals surface area contributed by atoms with Crippen molar-refractivity contribution in [3.05, 3.63) is 50.1 Å². The number of benzene rings is 1. The van der Waals surface area contributed by atoms with Gasteiger partial charge in [0, 0.05) is 32.2 Å². The van der Waals surface area contributed by atoms with E-state index in [1.807, 2.05) is 11.4 Å². The van der Waals surface area contributed by atoms with Crippen molar-refractivity contribution >= 4 is 56.4 Å². The first kappa shape index (κ1) is 21.6. The summed E-state index contributed by atoms with van der Waals surface area (Å²) in [5, 5.41) is 1.91. The number of halogens is 2. The largest absolute Gasteiger partial charge is 0.335 e. The molecule has 0 atom stereocenters. The van der Waals surface area contributed by atoms with Gasteiger partial charge in [0.15, 0.2) is 0 Å². The molecule has 2 aromatic rings. The van der Waals surface area contributed by atoms with Crippen molar-refractivity contribution in [2.24, 2.45) is 0 Å². The monoisotopic (exact) mass is 487 g/mol. The van der Waals surface area contributed by atoms with E-state index in [1.54, 1.807) is 15.9 Å². The molecule has 2 fully saturated rings. The van der Waals surface area contributed by atoms with Crippen LogP contribution in [0.3, 0.4) is 0 Å². The van der Waals surface area contributed by atoms with Gasteiger partial charge < -0.3 is 9.80 Å². The van der Waals surface area contributed by atoms with Crippen molar-refractivity contribution in [2.75, 3.05) is 26.2 Å². The first-order valence-electron chi connectivity index (χ1n) is 9.39. The molecular weight excluding hydrogens is 469 g/mol. The van der Waals surface area contributed by atoms with Crippen molar-refractivity contribution in [1.82, 2.24) is 14.5 Å². The van der Waals surface area contributed by atoms with E-state index < -0.39 is 10.0 Å². The molecule has 1 saturated carbocycles. The van der Waals surface area contributed by atoms with Gasteiger partial charge in [-0.3, -0.25) is 9.59 Å². The van der Waals surface area contributed by atoms with E-state index in [9.17, 15) is 18.0 Å². The molecule has 30 heavy (non-hydrogen) atoms.